The Labute approximate surface area is 172 Å². The summed E-state index contributed by atoms with van der Waals surface area (Å²) in [6, 6.07) is 3.09. The van der Waals surface area contributed by atoms with E-state index < -0.39 is 22.3 Å². The molecule has 0 aliphatic heterocycles. The van der Waals surface area contributed by atoms with Gasteiger partial charge in [0.15, 0.2) is 9.84 Å². The number of tetrazole rings is 1. The summed E-state index contributed by atoms with van der Waals surface area (Å²) in [6.45, 7) is 4.79. The number of rotatable bonds is 6. The number of aryl methyl sites for hydroxylation is 2. The van der Waals surface area contributed by atoms with Crippen LogP contribution in [-0.2, 0) is 31.1 Å². The van der Waals surface area contributed by atoms with Gasteiger partial charge in [0.05, 0.1) is 22.1 Å². The lowest BCUT2D eigenvalue weighted by atomic mass is 10.1. The van der Waals surface area contributed by atoms with Crippen LogP contribution in [0.25, 0.3) is 0 Å². The van der Waals surface area contributed by atoms with Gasteiger partial charge in [-0.1, -0.05) is 22.8 Å². The first-order valence-electron chi connectivity index (χ1n) is 8.35. The summed E-state index contributed by atoms with van der Waals surface area (Å²) in [5.41, 5.74) is 0.608. The number of carbonyl (C=O) groups excluding carboxylic acids is 1. The van der Waals surface area contributed by atoms with Gasteiger partial charge >= 0.3 is 6.16 Å². The molecule has 1 unspecified atom stereocenters. The standard InChI is InChI=1S/C16H20ClN5O6S/c1-6-26-16(23)28-10(3)27-14(18-15-19-20-21-22(15)4)11-8-7-9(2)13(12(11)17)29(5,24)25/h7-8,10H,6H2,1-5H3. The molecule has 0 aliphatic rings. The van der Waals surface area contributed by atoms with Gasteiger partial charge in [0.2, 0.25) is 12.2 Å². The maximum Gasteiger partial charge on any atom is 0.511 e. The molecule has 11 nitrogen and oxygen atoms in total. The fourth-order valence-corrected chi connectivity index (χ4v) is 4.10. The van der Waals surface area contributed by atoms with Crippen LogP contribution in [0, 0.1) is 6.92 Å². The normalized spacial score (nSPS) is 13.1. The molecular formula is C16H20ClN5O6S. The van der Waals surface area contributed by atoms with Crippen molar-refractivity contribution < 1.29 is 27.4 Å². The Morgan fingerprint density at radius 2 is 2.03 bits per heavy atom. The number of hydrogen-bond acceptors (Lipinski definition) is 10. The molecule has 0 aliphatic carbocycles. The number of nitrogens with zero attached hydrogens (tertiary/aromatic N) is 5. The van der Waals surface area contributed by atoms with Crippen LogP contribution in [-0.4, -0.2) is 59.8 Å². The number of ether oxygens (including phenoxy) is 3. The average molecular weight is 446 g/mol. The summed E-state index contributed by atoms with van der Waals surface area (Å²) in [4.78, 5) is 15.7. The number of benzene rings is 1. The number of carbonyl (C=O) groups is 1. The van der Waals surface area contributed by atoms with Gasteiger partial charge in [-0.15, -0.1) is 0 Å². The summed E-state index contributed by atoms with van der Waals surface area (Å²) in [6.07, 6.45) is -1.03. The third kappa shape index (κ3) is 5.64. The molecule has 0 fully saturated rings. The van der Waals surface area contributed by atoms with E-state index in [1.54, 1.807) is 27.0 Å². The first-order chi connectivity index (χ1) is 13.5. The van der Waals surface area contributed by atoms with Crippen LogP contribution in [0.15, 0.2) is 22.0 Å². The minimum Gasteiger partial charge on any atom is -0.437 e. The molecule has 2 aromatic rings. The van der Waals surface area contributed by atoms with Crippen molar-refractivity contribution in [2.24, 2.45) is 12.0 Å². The maximum absolute atomic E-state index is 12.2. The topological polar surface area (TPSA) is 135 Å². The van der Waals surface area contributed by atoms with E-state index in [4.69, 9.17) is 25.8 Å². The van der Waals surface area contributed by atoms with Gasteiger partial charge in [-0.05, 0) is 35.9 Å². The van der Waals surface area contributed by atoms with E-state index in [9.17, 15) is 13.2 Å². The van der Waals surface area contributed by atoms with Gasteiger partial charge in [0, 0.05) is 20.2 Å². The fraction of sp³-hybridized carbons (Fsp3) is 0.438. The number of aromatic nitrogens is 4. The van der Waals surface area contributed by atoms with Crippen LogP contribution in [0.1, 0.15) is 25.0 Å². The highest BCUT2D eigenvalue weighted by atomic mass is 35.5. The van der Waals surface area contributed by atoms with E-state index in [-0.39, 0.29) is 33.9 Å². The van der Waals surface area contributed by atoms with E-state index in [0.717, 1.165) is 6.26 Å². The quantitative estimate of drug-likeness (QED) is 0.283. The largest absolute Gasteiger partial charge is 0.511 e. The highest BCUT2D eigenvalue weighted by Gasteiger charge is 2.24. The van der Waals surface area contributed by atoms with Gasteiger partial charge in [-0.3, -0.25) is 0 Å². The smallest absolute Gasteiger partial charge is 0.437 e. The first-order valence-corrected chi connectivity index (χ1v) is 10.6. The molecule has 0 saturated heterocycles. The average Bonchev–Trinajstić information content (AvgIpc) is 2.98. The molecule has 0 amide bonds. The number of hydrogen-bond donors (Lipinski definition) is 0. The van der Waals surface area contributed by atoms with Crippen molar-refractivity contribution in [3.63, 3.8) is 0 Å². The molecule has 0 radical (unpaired) electrons. The predicted octanol–water partition coefficient (Wildman–Crippen LogP) is 2.19. The molecule has 29 heavy (non-hydrogen) atoms. The Hall–Kier alpha value is -2.73. The van der Waals surface area contributed by atoms with Crippen molar-refractivity contribution >= 4 is 39.4 Å². The van der Waals surface area contributed by atoms with Crippen LogP contribution in [0.5, 0.6) is 0 Å². The van der Waals surface area contributed by atoms with E-state index in [0.29, 0.717) is 5.56 Å². The van der Waals surface area contributed by atoms with Crippen LogP contribution in [0.4, 0.5) is 10.7 Å². The maximum atomic E-state index is 12.2. The molecule has 0 N–H and O–H groups in total. The molecule has 1 aromatic carbocycles. The van der Waals surface area contributed by atoms with Crippen LogP contribution in [0.3, 0.4) is 0 Å². The lowest BCUT2D eigenvalue weighted by Crippen LogP contribution is -2.23. The molecular weight excluding hydrogens is 426 g/mol. The highest BCUT2D eigenvalue weighted by Crippen LogP contribution is 2.30. The van der Waals surface area contributed by atoms with Crippen molar-refractivity contribution in [3.8, 4) is 0 Å². The molecule has 1 aromatic heterocycles. The molecule has 2 rings (SSSR count). The minimum absolute atomic E-state index is 0.0564. The van der Waals surface area contributed by atoms with Crippen LogP contribution in [0.2, 0.25) is 5.02 Å². The number of halogens is 1. The Bertz CT molecular complexity index is 1040. The molecule has 13 heteroatoms. The molecule has 0 spiro atoms. The minimum atomic E-state index is -3.64. The fourth-order valence-electron chi connectivity index (χ4n) is 2.30. The van der Waals surface area contributed by atoms with Crippen molar-refractivity contribution in [2.45, 2.75) is 32.0 Å². The summed E-state index contributed by atoms with van der Waals surface area (Å²) >= 11 is 6.38. The summed E-state index contributed by atoms with van der Waals surface area (Å²) in [5, 5.41) is 10.8. The van der Waals surface area contributed by atoms with Crippen molar-refractivity contribution in [3.05, 3.63) is 28.3 Å². The monoisotopic (exact) mass is 445 g/mol. The van der Waals surface area contributed by atoms with E-state index in [1.807, 2.05) is 0 Å². The lowest BCUT2D eigenvalue weighted by Gasteiger charge is -2.18. The second-order valence-corrected chi connectivity index (χ2v) is 8.18. The van der Waals surface area contributed by atoms with E-state index in [1.165, 1.54) is 17.7 Å². The molecule has 158 valence electrons. The number of aliphatic imine (C=N–C) groups is 1. The number of sulfone groups is 1. The van der Waals surface area contributed by atoms with Crippen molar-refractivity contribution in [1.29, 1.82) is 0 Å². The summed E-state index contributed by atoms with van der Waals surface area (Å²) < 4.78 is 40.9. The third-order valence-corrected chi connectivity index (χ3v) is 5.27. The zero-order chi connectivity index (χ0) is 21.8. The Morgan fingerprint density at radius 3 is 2.59 bits per heavy atom. The van der Waals surface area contributed by atoms with Crippen molar-refractivity contribution in [1.82, 2.24) is 20.2 Å². The Morgan fingerprint density at radius 1 is 1.34 bits per heavy atom. The molecule has 1 atom stereocenters. The highest BCUT2D eigenvalue weighted by molar-refractivity contribution is 7.90. The second kappa shape index (κ2) is 9.18. The van der Waals surface area contributed by atoms with Gasteiger partial charge in [0.25, 0.3) is 5.95 Å². The second-order valence-electron chi connectivity index (χ2n) is 5.85. The summed E-state index contributed by atoms with van der Waals surface area (Å²) in [5.74, 6) is -0.0875. The van der Waals surface area contributed by atoms with Crippen LogP contribution >= 0.6 is 11.6 Å². The lowest BCUT2D eigenvalue weighted by molar-refractivity contribution is -0.0582. The van der Waals surface area contributed by atoms with Gasteiger partial charge in [0.1, 0.15) is 0 Å². The first kappa shape index (κ1) is 22.6. The van der Waals surface area contributed by atoms with Gasteiger partial charge < -0.3 is 14.2 Å². The molecule has 1 heterocycles. The van der Waals surface area contributed by atoms with Crippen LogP contribution < -0.4 is 0 Å². The van der Waals surface area contributed by atoms with E-state index >= 15 is 0 Å². The Kier molecular flexibility index (Phi) is 7.14. The van der Waals surface area contributed by atoms with E-state index in [2.05, 4.69) is 20.5 Å². The Balaban J connectivity index is 2.53. The van der Waals surface area contributed by atoms with Gasteiger partial charge in [-0.2, -0.15) is 4.99 Å². The molecule has 0 bridgehead atoms. The zero-order valence-corrected chi connectivity index (χ0v) is 18.0. The summed E-state index contributed by atoms with van der Waals surface area (Å²) in [7, 11) is -2.09. The SMILES string of the molecule is CCOC(=O)OC(C)OC(=Nc1nnnn1C)c1ccc(C)c(S(C)(=O)=O)c1Cl. The zero-order valence-electron chi connectivity index (χ0n) is 16.4. The van der Waals surface area contributed by atoms with Gasteiger partial charge in [-0.25, -0.2) is 17.9 Å². The van der Waals surface area contributed by atoms with Crippen molar-refractivity contribution in [2.75, 3.05) is 12.9 Å². The predicted molar refractivity (Wildman–Crippen MR) is 103 cm³/mol. The molecule has 0 saturated carbocycles. The third-order valence-electron chi connectivity index (χ3n) is 3.50.